The summed E-state index contributed by atoms with van der Waals surface area (Å²) in [5, 5.41) is 11.1. The molecule has 2 unspecified atom stereocenters. The highest BCUT2D eigenvalue weighted by Crippen LogP contribution is 2.30. The van der Waals surface area contributed by atoms with E-state index in [0.29, 0.717) is 17.5 Å². The zero-order valence-corrected chi connectivity index (χ0v) is 11.5. The number of hydrogen-bond acceptors (Lipinski definition) is 2. The predicted molar refractivity (Wildman–Crippen MR) is 73.1 cm³/mol. The maximum atomic E-state index is 10.4. The van der Waals surface area contributed by atoms with Crippen LogP contribution in [-0.4, -0.2) is 11.7 Å². The largest absolute Gasteiger partial charge is 0.388 e. The Morgan fingerprint density at radius 2 is 2.00 bits per heavy atom. The molecule has 0 aliphatic carbocycles. The monoisotopic (exact) mass is 255 g/mol. The fourth-order valence-electron chi connectivity index (χ4n) is 2.14. The quantitative estimate of drug-likeness (QED) is 0.848. The third-order valence-corrected chi connectivity index (χ3v) is 3.32. The van der Waals surface area contributed by atoms with E-state index in [9.17, 15) is 5.11 Å². The molecule has 0 amide bonds. The molecule has 3 heteroatoms. The van der Waals surface area contributed by atoms with E-state index in [1.807, 2.05) is 25.1 Å². The van der Waals surface area contributed by atoms with Crippen molar-refractivity contribution in [1.82, 2.24) is 0 Å². The van der Waals surface area contributed by atoms with Gasteiger partial charge in [-0.2, -0.15) is 0 Å². The first kappa shape index (κ1) is 14.5. The second-order valence-corrected chi connectivity index (χ2v) is 5.51. The highest BCUT2D eigenvalue weighted by molar-refractivity contribution is 6.30. The van der Waals surface area contributed by atoms with E-state index in [1.165, 1.54) is 0 Å². The molecule has 3 N–H and O–H groups in total. The Morgan fingerprint density at radius 1 is 1.35 bits per heavy atom. The molecule has 1 aromatic carbocycles. The Morgan fingerprint density at radius 3 is 2.53 bits per heavy atom. The third kappa shape index (κ3) is 3.98. The van der Waals surface area contributed by atoms with E-state index >= 15 is 0 Å². The van der Waals surface area contributed by atoms with Crippen molar-refractivity contribution in [1.29, 1.82) is 0 Å². The molecule has 0 bridgehead atoms. The van der Waals surface area contributed by atoms with Gasteiger partial charge in [0.1, 0.15) is 0 Å². The summed E-state index contributed by atoms with van der Waals surface area (Å²) in [5.74, 6) is 0.616. The van der Waals surface area contributed by atoms with E-state index in [0.717, 1.165) is 17.5 Å². The van der Waals surface area contributed by atoms with Crippen LogP contribution in [0.15, 0.2) is 18.2 Å². The van der Waals surface area contributed by atoms with Crippen molar-refractivity contribution >= 4 is 11.6 Å². The molecule has 0 saturated heterocycles. The Labute approximate surface area is 109 Å². The minimum atomic E-state index is -0.527. The van der Waals surface area contributed by atoms with Gasteiger partial charge in [0.2, 0.25) is 0 Å². The third-order valence-electron chi connectivity index (χ3n) is 3.08. The van der Waals surface area contributed by atoms with Crippen molar-refractivity contribution in [2.24, 2.45) is 17.6 Å². The number of aryl methyl sites for hydroxylation is 1. The molecule has 17 heavy (non-hydrogen) atoms. The van der Waals surface area contributed by atoms with E-state index in [4.69, 9.17) is 17.3 Å². The average molecular weight is 256 g/mol. The summed E-state index contributed by atoms with van der Waals surface area (Å²) in [4.78, 5) is 0. The van der Waals surface area contributed by atoms with Crippen molar-refractivity contribution in [2.75, 3.05) is 6.54 Å². The molecule has 0 aliphatic heterocycles. The number of aliphatic hydroxyl groups excluding tert-OH is 1. The van der Waals surface area contributed by atoms with Crippen molar-refractivity contribution in [2.45, 2.75) is 33.3 Å². The topological polar surface area (TPSA) is 46.2 Å². The zero-order chi connectivity index (χ0) is 13.0. The molecule has 0 radical (unpaired) electrons. The van der Waals surface area contributed by atoms with Gasteiger partial charge in [-0.3, -0.25) is 0 Å². The SMILES string of the molecule is Cc1ccc(Cl)cc1C(O)C(CN)CC(C)C. The Balaban J connectivity index is 2.92. The van der Waals surface area contributed by atoms with Crippen LogP contribution in [0.1, 0.15) is 37.5 Å². The van der Waals surface area contributed by atoms with Gasteiger partial charge < -0.3 is 10.8 Å². The first-order valence-corrected chi connectivity index (χ1v) is 6.47. The van der Waals surface area contributed by atoms with Gasteiger partial charge in [-0.15, -0.1) is 0 Å². The van der Waals surface area contributed by atoms with Gasteiger partial charge in [0.15, 0.2) is 0 Å². The minimum Gasteiger partial charge on any atom is -0.388 e. The number of nitrogens with two attached hydrogens (primary N) is 1. The molecule has 0 spiro atoms. The zero-order valence-electron chi connectivity index (χ0n) is 10.8. The van der Waals surface area contributed by atoms with Gasteiger partial charge in [-0.1, -0.05) is 31.5 Å². The summed E-state index contributed by atoms with van der Waals surface area (Å²) in [7, 11) is 0. The summed E-state index contributed by atoms with van der Waals surface area (Å²) >= 11 is 5.97. The van der Waals surface area contributed by atoms with Gasteiger partial charge in [-0.25, -0.2) is 0 Å². The van der Waals surface area contributed by atoms with Gasteiger partial charge >= 0.3 is 0 Å². The normalized spacial score (nSPS) is 15.0. The average Bonchev–Trinajstić information content (AvgIpc) is 2.28. The lowest BCUT2D eigenvalue weighted by Crippen LogP contribution is -2.24. The Kier molecular flexibility index (Phi) is 5.44. The molecule has 0 heterocycles. The molecule has 96 valence electrons. The highest BCUT2D eigenvalue weighted by atomic mass is 35.5. The van der Waals surface area contributed by atoms with E-state index in [-0.39, 0.29) is 5.92 Å². The fraction of sp³-hybridized carbons (Fsp3) is 0.571. The summed E-state index contributed by atoms with van der Waals surface area (Å²) in [6.07, 6.45) is 0.393. The highest BCUT2D eigenvalue weighted by Gasteiger charge is 2.22. The molecule has 1 rings (SSSR count). The van der Waals surface area contributed by atoms with Crippen molar-refractivity contribution in [3.63, 3.8) is 0 Å². The van der Waals surface area contributed by atoms with Crippen LogP contribution in [0.5, 0.6) is 0 Å². The maximum Gasteiger partial charge on any atom is 0.0833 e. The standard InChI is InChI=1S/C14H22ClNO/c1-9(2)6-11(8-16)14(17)13-7-12(15)5-4-10(13)3/h4-5,7,9,11,14,17H,6,8,16H2,1-3H3. The smallest absolute Gasteiger partial charge is 0.0833 e. The predicted octanol–water partition coefficient (Wildman–Crippen LogP) is 3.30. The van der Waals surface area contributed by atoms with Crippen LogP contribution >= 0.6 is 11.6 Å². The first-order chi connectivity index (χ1) is 7.95. The second-order valence-electron chi connectivity index (χ2n) is 5.07. The molecular weight excluding hydrogens is 234 g/mol. The lowest BCUT2D eigenvalue weighted by molar-refractivity contribution is 0.0989. The number of hydrogen-bond donors (Lipinski definition) is 2. The van der Waals surface area contributed by atoms with Crippen LogP contribution in [0, 0.1) is 18.8 Å². The van der Waals surface area contributed by atoms with Gasteiger partial charge in [-0.05, 0) is 49.1 Å². The molecule has 1 aromatic rings. The molecule has 0 aliphatic rings. The molecule has 0 saturated carbocycles. The van der Waals surface area contributed by atoms with Gasteiger partial charge in [0.05, 0.1) is 6.10 Å². The van der Waals surface area contributed by atoms with Gasteiger partial charge in [0.25, 0.3) is 0 Å². The number of halogens is 1. The lowest BCUT2D eigenvalue weighted by atomic mass is 9.87. The van der Waals surface area contributed by atoms with E-state index in [1.54, 1.807) is 0 Å². The Bertz CT molecular complexity index is 365. The van der Waals surface area contributed by atoms with Crippen molar-refractivity contribution in [3.05, 3.63) is 34.3 Å². The minimum absolute atomic E-state index is 0.0900. The number of benzene rings is 1. The van der Waals surface area contributed by atoms with Crippen LogP contribution in [0.4, 0.5) is 0 Å². The van der Waals surface area contributed by atoms with E-state index < -0.39 is 6.10 Å². The summed E-state index contributed by atoms with van der Waals surface area (Å²) in [6, 6.07) is 5.61. The van der Waals surface area contributed by atoms with Crippen LogP contribution in [0.25, 0.3) is 0 Å². The lowest BCUT2D eigenvalue weighted by Gasteiger charge is -2.24. The fourth-order valence-corrected chi connectivity index (χ4v) is 2.32. The van der Waals surface area contributed by atoms with Gasteiger partial charge in [0, 0.05) is 10.9 Å². The first-order valence-electron chi connectivity index (χ1n) is 6.09. The van der Waals surface area contributed by atoms with Crippen LogP contribution in [0.3, 0.4) is 0 Å². The summed E-state index contributed by atoms with van der Waals surface area (Å²) < 4.78 is 0. The molecule has 0 aromatic heterocycles. The van der Waals surface area contributed by atoms with E-state index in [2.05, 4.69) is 13.8 Å². The Hall–Kier alpha value is -0.570. The molecule has 2 atom stereocenters. The molecule has 2 nitrogen and oxygen atoms in total. The van der Waals surface area contributed by atoms with Crippen LogP contribution in [-0.2, 0) is 0 Å². The van der Waals surface area contributed by atoms with Crippen LogP contribution in [0.2, 0.25) is 5.02 Å². The summed E-state index contributed by atoms with van der Waals surface area (Å²) in [6.45, 7) is 6.75. The second kappa shape index (κ2) is 6.39. The van der Waals surface area contributed by atoms with Crippen molar-refractivity contribution in [3.8, 4) is 0 Å². The summed E-state index contributed by atoms with van der Waals surface area (Å²) in [5.41, 5.74) is 7.71. The van der Waals surface area contributed by atoms with Crippen LogP contribution < -0.4 is 5.73 Å². The van der Waals surface area contributed by atoms with Crippen molar-refractivity contribution < 1.29 is 5.11 Å². The molecular formula is C14H22ClNO. The number of rotatable bonds is 5. The molecule has 0 fully saturated rings. The maximum absolute atomic E-state index is 10.4. The number of aliphatic hydroxyl groups is 1.